The first-order valence-electron chi connectivity index (χ1n) is 6.87. The maximum Gasteiger partial charge on any atom is 0 e. The van der Waals surface area contributed by atoms with Crippen LogP contribution in [-0.2, 0) is 20.4 Å². The van der Waals surface area contributed by atoms with Gasteiger partial charge in [0.25, 0.3) is 0 Å². The summed E-state index contributed by atoms with van der Waals surface area (Å²) in [7, 11) is 0.262. The van der Waals surface area contributed by atoms with Crippen molar-refractivity contribution in [2.75, 3.05) is 0 Å². The Bertz CT molecular complexity index is 159. The first-order chi connectivity index (χ1) is 7.88. The minimum absolute atomic E-state index is 0. The standard InChI is InChI=1S/C9H21P.C7H12.Pd/c1-7(2)10(8(3)4)9(5)6;1-3-5-7-6-4-2;/h7-9H,1-6H3;3-4H,1-2,5-7H2;. The van der Waals surface area contributed by atoms with Crippen LogP contribution < -0.4 is 0 Å². The minimum Gasteiger partial charge on any atom is -0.103 e. The third kappa shape index (κ3) is 14.6. The molecule has 0 heterocycles. The van der Waals surface area contributed by atoms with Gasteiger partial charge in [-0.1, -0.05) is 61.6 Å². The van der Waals surface area contributed by atoms with E-state index in [1.54, 1.807) is 0 Å². The zero-order valence-electron chi connectivity index (χ0n) is 13.2. The van der Waals surface area contributed by atoms with E-state index in [9.17, 15) is 0 Å². The second-order valence-electron chi connectivity index (χ2n) is 5.24. The predicted octanol–water partition coefficient (Wildman–Crippen LogP) is 6.22. The van der Waals surface area contributed by atoms with Crippen LogP contribution in [0.1, 0.15) is 60.8 Å². The van der Waals surface area contributed by atoms with Gasteiger partial charge in [-0.2, -0.15) is 0 Å². The van der Waals surface area contributed by atoms with Crippen LogP contribution in [0, 0.1) is 0 Å². The number of hydrogen-bond donors (Lipinski definition) is 0. The number of hydrogen-bond acceptors (Lipinski definition) is 0. The largest absolute Gasteiger partial charge is 0.103 e. The van der Waals surface area contributed by atoms with Crippen molar-refractivity contribution in [2.45, 2.75) is 77.8 Å². The SMILES string of the molecule is C=CCCCC=C.CC(C)P(C(C)C)C(C)C.[Pd]. The molecule has 0 fully saturated rings. The van der Waals surface area contributed by atoms with Crippen LogP contribution in [0.2, 0.25) is 0 Å². The molecule has 18 heavy (non-hydrogen) atoms. The monoisotopic (exact) mass is 362 g/mol. The Labute approximate surface area is 131 Å². The van der Waals surface area contributed by atoms with Crippen molar-refractivity contribution in [3.63, 3.8) is 0 Å². The maximum atomic E-state index is 3.60. The summed E-state index contributed by atoms with van der Waals surface area (Å²) in [6, 6.07) is 0. The molecule has 0 amide bonds. The first-order valence-corrected chi connectivity index (χ1v) is 8.42. The molecule has 0 saturated carbocycles. The molecular formula is C16H33PPd. The van der Waals surface area contributed by atoms with Crippen molar-refractivity contribution >= 4 is 7.92 Å². The fourth-order valence-electron chi connectivity index (χ4n) is 2.20. The van der Waals surface area contributed by atoms with Gasteiger partial charge in [0.05, 0.1) is 0 Å². The average molecular weight is 363 g/mol. The van der Waals surface area contributed by atoms with Gasteiger partial charge in [0.15, 0.2) is 0 Å². The van der Waals surface area contributed by atoms with Crippen molar-refractivity contribution in [3.05, 3.63) is 25.3 Å². The number of unbranched alkanes of at least 4 members (excludes halogenated alkanes) is 2. The molecule has 0 spiro atoms. The smallest absolute Gasteiger partial charge is 0 e. The van der Waals surface area contributed by atoms with E-state index in [1.165, 1.54) is 6.42 Å². The summed E-state index contributed by atoms with van der Waals surface area (Å²) in [6.07, 6.45) is 7.30. The van der Waals surface area contributed by atoms with Crippen LogP contribution in [0.3, 0.4) is 0 Å². The molecule has 0 bridgehead atoms. The molecule has 0 aliphatic rings. The van der Waals surface area contributed by atoms with Crippen LogP contribution in [0.5, 0.6) is 0 Å². The Balaban J connectivity index is -0.000000251. The Morgan fingerprint density at radius 1 is 0.778 bits per heavy atom. The second kappa shape index (κ2) is 15.6. The van der Waals surface area contributed by atoms with E-state index >= 15 is 0 Å². The van der Waals surface area contributed by atoms with Crippen LogP contribution in [0.25, 0.3) is 0 Å². The zero-order chi connectivity index (χ0) is 13.8. The van der Waals surface area contributed by atoms with E-state index < -0.39 is 0 Å². The van der Waals surface area contributed by atoms with E-state index in [0.717, 1.165) is 29.8 Å². The van der Waals surface area contributed by atoms with Gasteiger partial charge in [-0.15, -0.1) is 13.2 Å². The third-order valence-electron chi connectivity index (χ3n) is 2.61. The molecule has 0 N–H and O–H groups in total. The van der Waals surface area contributed by atoms with Crippen LogP contribution in [0.15, 0.2) is 25.3 Å². The van der Waals surface area contributed by atoms with E-state index in [2.05, 4.69) is 54.7 Å². The molecular weight excluding hydrogens is 330 g/mol. The van der Waals surface area contributed by atoms with Crippen molar-refractivity contribution in [1.29, 1.82) is 0 Å². The molecule has 0 aromatic heterocycles. The summed E-state index contributed by atoms with van der Waals surface area (Å²) in [5.41, 5.74) is 2.69. The quantitative estimate of drug-likeness (QED) is 0.218. The molecule has 0 aromatic carbocycles. The molecule has 0 saturated heterocycles. The second-order valence-corrected chi connectivity index (χ2v) is 9.23. The Hall–Kier alpha value is 0.572. The minimum atomic E-state index is 0. The van der Waals surface area contributed by atoms with Gasteiger partial charge >= 0.3 is 0 Å². The molecule has 0 unspecified atom stereocenters. The molecule has 0 nitrogen and oxygen atoms in total. The molecule has 112 valence electrons. The third-order valence-corrected chi connectivity index (χ3v) is 6.18. The summed E-state index contributed by atoms with van der Waals surface area (Å²) >= 11 is 0. The summed E-state index contributed by atoms with van der Waals surface area (Å²) in [5, 5.41) is 0. The van der Waals surface area contributed by atoms with Gasteiger partial charge in [-0.3, -0.25) is 0 Å². The Kier molecular flexibility index (Phi) is 20.5. The normalized spacial score (nSPS) is 10.1. The topological polar surface area (TPSA) is 0 Å². The van der Waals surface area contributed by atoms with Crippen LogP contribution in [0.4, 0.5) is 0 Å². The molecule has 2 heteroatoms. The number of allylic oxidation sites excluding steroid dienone is 2. The van der Waals surface area contributed by atoms with Gasteiger partial charge in [0.2, 0.25) is 0 Å². The fourth-order valence-corrected chi connectivity index (χ4v) is 5.77. The van der Waals surface area contributed by atoms with Gasteiger partial charge in [-0.25, -0.2) is 0 Å². The summed E-state index contributed by atoms with van der Waals surface area (Å²) in [6.45, 7) is 21.3. The average Bonchev–Trinajstić information content (AvgIpc) is 2.17. The predicted molar refractivity (Wildman–Crippen MR) is 86.6 cm³/mol. The zero-order valence-corrected chi connectivity index (χ0v) is 15.6. The van der Waals surface area contributed by atoms with Crippen molar-refractivity contribution in [3.8, 4) is 0 Å². The van der Waals surface area contributed by atoms with E-state index in [1.807, 2.05) is 12.2 Å². The fraction of sp³-hybridized carbons (Fsp3) is 0.750. The molecule has 0 rings (SSSR count). The Morgan fingerprint density at radius 2 is 1.06 bits per heavy atom. The first kappa shape index (κ1) is 23.6. The summed E-state index contributed by atoms with van der Waals surface area (Å²) in [5.74, 6) is 0. The van der Waals surface area contributed by atoms with Gasteiger partial charge in [-0.05, 0) is 36.2 Å². The van der Waals surface area contributed by atoms with Gasteiger partial charge in [0.1, 0.15) is 0 Å². The molecule has 0 atom stereocenters. The number of rotatable bonds is 7. The van der Waals surface area contributed by atoms with Gasteiger partial charge < -0.3 is 0 Å². The summed E-state index contributed by atoms with van der Waals surface area (Å²) in [4.78, 5) is 0. The Morgan fingerprint density at radius 3 is 1.17 bits per heavy atom. The van der Waals surface area contributed by atoms with Crippen molar-refractivity contribution in [2.24, 2.45) is 0 Å². The maximum absolute atomic E-state index is 3.60. The van der Waals surface area contributed by atoms with E-state index in [0.29, 0.717) is 0 Å². The van der Waals surface area contributed by atoms with Crippen molar-refractivity contribution in [1.82, 2.24) is 0 Å². The molecule has 0 aromatic rings. The van der Waals surface area contributed by atoms with Crippen LogP contribution in [-0.4, -0.2) is 17.0 Å². The van der Waals surface area contributed by atoms with Gasteiger partial charge in [0, 0.05) is 20.4 Å². The molecule has 0 aliphatic carbocycles. The van der Waals surface area contributed by atoms with Crippen molar-refractivity contribution < 1.29 is 20.4 Å². The molecule has 0 radical (unpaired) electrons. The van der Waals surface area contributed by atoms with Crippen LogP contribution >= 0.6 is 7.92 Å². The summed E-state index contributed by atoms with van der Waals surface area (Å²) < 4.78 is 0. The van der Waals surface area contributed by atoms with E-state index in [4.69, 9.17) is 0 Å². The molecule has 0 aliphatic heterocycles. The van der Waals surface area contributed by atoms with E-state index in [-0.39, 0.29) is 28.3 Å².